The number of ether oxygens (including phenoxy) is 2. The highest BCUT2D eigenvalue weighted by molar-refractivity contribution is 5.86. The fourth-order valence-corrected chi connectivity index (χ4v) is 2.45. The van der Waals surface area contributed by atoms with Crippen LogP contribution in [0, 0.1) is 0 Å². The predicted octanol–water partition coefficient (Wildman–Crippen LogP) is 3.27. The number of nitrogens with one attached hydrogen (secondary N) is 2. The van der Waals surface area contributed by atoms with Gasteiger partial charge < -0.3 is 20.1 Å². The minimum absolute atomic E-state index is 0.0369. The number of benzene rings is 2. The fourth-order valence-electron chi connectivity index (χ4n) is 2.45. The van der Waals surface area contributed by atoms with Crippen molar-refractivity contribution in [3.63, 3.8) is 0 Å². The third-order valence-corrected chi connectivity index (χ3v) is 3.81. The Balaban J connectivity index is 1.95. The SMILES string of the molecule is COC[C@@H](NC(C)=O)C(=O)NCc1ccc(Oc2cccc(C(F)(F)F)c2)cc1. The van der Waals surface area contributed by atoms with Crippen LogP contribution in [0.15, 0.2) is 48.5 Å². The van der Waals surface area contributed by atoms with Crippen molar-refractivity contribution in [3.8, 4) is 11.5 Å². The van der Waals surface area contributed by atoms with Crippen LogP contribution in [-0.4, -0.2) is 31.6 Å². The molecule has 2 aromatic carbocycles. The van der Waals surface area contributed by atoms with Crippen LogP contribution < -0.4 is 15.4 Å². The number of rotatable bonds is 8. The summed E-state index contributed by atoms with van der Waals surface area (Å²) in [5.41, 5.74) is -0.0483. The van der Waals surface area contributed by atoms with Crippen LogP contribution in [0.1, 0.15) is 18.1 Å². The molecule has 2 amide bonds. The number of alkyl halides is 3. The van der Waals surface area contributed by atoms with E-state index in [0.29, 0.717) is 5.75 Å². The molecule has 156 valence electrons. The van der Waals surface area contributed by atoms with Crippen molar-refractivity contribution in [2.75, 3.05) is 13.7 Å². The highest BCUT2D eigenvalue weighted by Gasteiger charge is 2.30. The molecule has 0 saturated heterocycles. The maximum atomic E-state index is 12.8. The van der Waals surface area contributed by atoms with Gasteiger partial charge in [0.25, 0.3) is 0 Å². The number of halogens is 3. The standard InChI is InChI=1S/C20H21F3N2O4/c1-13(26)25-18(12-28-2)19(27)24-11-14-6-8-16(9-7-14)29-17-5-3-4-15(10-17)20(21,22)23/h3-10,18H,11-12H2,1-2H3,(H,24,27)(H,25,26)/t18-/m1/s1. The Morgan fingerprint density at radius 3 is 2.34 bits per heavy atom. The van der Waals surface area contributed by atoms with E-state index in [1.165, 1.54) is 26.2 Å². The summed E-state index contributed by atoms with van der Waals surface area (Å²) in [6, 6.07) is 10.3. The quantitative estimate of drug-likeness (QED) is 0.701. The molecule has 0 fully saturated rings. The van der Waals surface area contributed by atoms with Crippen LogP contribution in [0.2, 0.25) is 0 Å². The average molecular weight is 410 g/mol. The van der Waals surface area contributed by atoms with E-state index in [-0.39, 0.29) is 24.8 Å². The van der Waals surface area contributed by atoms with Gasteiger partial charge in [-0.25, -0.2) is 0 Å². The number of hydrogen-bond acceptors (Lipinski definition) is 4. The second kappa shape index (κ2) is 9.92. The van der Waals surface area contributed by atoms with Crippen LogP contribution in [0.25, 0.3) is 0 Å². The van der Waals surface area contributed by atoms with Gasteiger partial charge in [0.1, 0.15) is 17.5 Å². The molecule has 0 aliphatic carbocycles. The molecule has 0 bridgehead atoms. The Morgan fingerprint density at radius 2 is 1.76 bits per heavy atom. The van der Waals surface area contributed by atoms with E-state index in [1.807, 2.05) is 0 Å². The van der Waals surface area contributed by atoms with Crippen molar-refractivity contribution in [2.45, 2.75) is 25.7 Å². The Hall–Kier alpha value is -3.07. The number of methoxy groups -OCH3 is 1. The summed E-state index contributed by atoms with van der Waals surface area (Å²) in [5, 5.41) is 5.18. The second-order valence-electron chi connectivity index (χ2n) is 6.20. The molecule has 0 aliphatic rings. The van der Waals surface area contributed by atoms with Gasteiger partial charge in [-0.2, -0.15) is 13.2 Å². The molecule has 1 atom stereocenters. The topological polar surface area (TPSA) is 76.7 Å². The summed E-state index contributed by atoms with van der Waals surface area (Å²) in [5.74, 6) is -0.321. The molecular formula is C20H21F3N2O4. The summed E-state index contributed by atoms with van der Waals surface area (Å²) < 4.78 is 48.7. The van der Waals surface area contributed by atoms with E-state index in [0.717, 1.165) is 17.7 Å². The van der Waals surface area contributed by atoms with Gasteiger partial charge in [0.05, 0.1) is 12.2 Å². The van der Waals surface area contributed by atoms with Gasteiger partial charge >= 0.3 is 6.18 Å². The van der Waals surface area contributed by atoms with E-state index >= 15 is 0 Å². The molecule has 0 spiro atoms. The summed E-state index contributed by atoms with van der Waals surface area (Å²) in [7, 11) is 1.42. The normalized spacial score (nSPS) is 12.2. The molecule has 0 heterocycles. The molecule has 2 aromatic rings. The summed E-state index contributed by atoms with van der Waals surface area (Å²) >= 11 is 0. The molecule has 6 nitrogen and oxygen atoms in total. The van der Waals surface area contributed by atoms with Crippen molar-refractivity contribution in [1.82, 2.24) is 10.6 Å². The van der Waals surface area contributed by atoms with Gasteiger partial charge in [-0.3, -0.25) is 9.59 Å². The molecular weight excluding hydrogens is 389 g/mol. The maximum Gasteiger partial charge on any atom is 0.416 e. The lowest BCUT2D eigenvalue weighted by molar-refractivity contribution is -0.137. The number of carbonyl (C=O) groups is 2. The second-order valence-corrected chi connectivity index (χ2v) is 6.20. The van der Waals surface area contributed by atoms with Gasteiger partial charge in [-0.05, 0) is 35.9 Å². The van der Waals surface area contributed by atoms with Crippen molar-refractivity contribution >= 4 is 11.8 Å². The first-order valence-corrected chi connectivity index (χ1v) is 8.67. The Bertz CT molecular complexity index is 838. The summed E-state index contributed by atoms with van der Waals surface area (Å²) in [6.45, 7) is 1.54. The zero-order valence-corrected chi connectivity index (χ0v) is 15.9. The molecule has 0 saturated carbocycles. The largest absolute Gasteiger partial charge is 0.457 e. The highest BCUT2D eigenvalue weighted by Crippen LogP contribution is 2.32. The zero-order valence-electron chi connectivity index (χ0n) is 15.9. The first kappa shape index (κ1) is 22.2. The van der Waals surface area contributed by atoms with E-state index < -0.39 is 23.7 Å². The molecule has 0 radical (unpaired) electrons. The van der Waals surface area contributed by atoms with Crippen LogP contribution in [0.4, 0.5) is 13.2 Å². The van der Waals surface area contributed by atoms with E-state index in [1.54, 1.807) is 24.3 Å². The van der Waals surface area contributed by atoms with Gasteiger partial charge in [-0.15, -0.1) is 0 Å². The number of hydrogen-bond donors (Lipinski definition) is 2. The fraction of sp³-hybridized carbons (Fsp3) is 0.300. The minimum Gasteiger partial charge on any atom is -0.457 e. The van der Waals surface area contributed by atoms with Crippen LogP contribution in [0.3, 0.4) is 0 Å². The minimum atomic E-state index is -4.45. The van der Waals surface area contributed by atoms with Crippen LogP contribution >= 0.6 is 0 Å². The molecule has 0 aliphatic heterocycles. The molecule has 9 heteroatoms. The monoisotopic (exact) mass is 410 g/mol. The molecule has 0 unspecified atom stereocenters. The van der Waals surface area contributed by atoms with Gasteiger partial charge in [-0.1, -0.05) is 18.2 Å². The van der Waals surface area contributed by atoms with Crippen LogP contribution in [-0.2, 0) is 27.0 Å². The van der Waals surface area contributed by atoms with Crippen molar-refractivity contribution < 1.29 is 32.2 Å². The third-order valence-electron chi connectivity index (χ3n) is 3.81. The van der Waals surface area contributed by atoms with Gasteiger partial charge in [0, 0.05) is 20.6 Å². The first-order valence-electron chi connectivity index (χ1n) is 8.67. The lowest BCUT2D eigenvalue weighted by atomic mass is 10.2. The van der Waals surface area contributed by atoms with E-state index in [4.69, 9.17) is 9.47 Å². The molecule has 2 rings (SSSR count). The number of carbonyl (C=O) groups excluding carboxylic acids is 2. The Labute approximate surface area is 166 Å². The molecule has 29 heavy (non-hydrogen) atoms. The van der Waals surface area contributed by atoms with E-state index in [9.17, 15) is 22.8 Å². The smallest absolute Gasteiger partial charge is 0.416 e. The highest BCUT2D eigenvalue weighted by atomic mass is 19.4. The summed E-state index contributed by atoms with van der Waals surface area (Å²) in [6.07, 6.45) is -4.45. The summed E-state index contributed by atoms with van der Waals surface area (Å²) in [4.78, 5) is 23.3. The van der Waals surface area contributed by atoms with Crippen LogP contribution in [0.5, 0.6) is 11.5 Å². The Kier molecular flexibility index (Phi) is 7.60. The lowest BCUT2D eigenvalue weighted by Crippen LogP contribution is -2.48. The molecule has 2 N–H and O–H groups in total. The molecule has 0 aromatic heterocycles. The Morgan fingerprint density at radius 1 is 1.07 bits per heavy atom. The van der Waals surface area contributed by atoms with Crippen molar-refractivity contribution in [1.29, 1.82) is 0 Å². The van der Waals surface area contributed by atoms with Gasteiger partial charge in [0.2, 0.25) is 11.8 Å². The average Bonchev–Trinajstić information content (AvgIpc) is 2.66. The van der Waals surface area contributed by atoms with Gasteiger partial charge in [0.15, 0.2) is 0 Å². The third kappa shape index (κ3) is 7.11. The van der Waals surface area contributed by atoms with Crippen molar-refractivity contribution in [2.24, 2.45) is 0 Å². The van der Waals surface area contributed by atoms with E-state index in [2.05, 4.69) is 10.6 Å². The first-order chi connectivity index (χ1) is 13.7. The van der Waals surface area contributed by atoms with Crippen molar-refractivity contribution in [3.05, 3.63) is 59.7 Å². The predicted molar refractivity (Wildman–Crippen MR) is 99.3 cm³/mol. The number of amides is 2. The lowest BCUT2D eigenvalue weighted by Gasteiger charge is -2.16. The maximum absolute atomic E-state index is 12.8. The zero-order chi connectivity index (χ0) is 21.4.